The molecule has 7 rings (SSSR count). The zero-order valence-electron chi connectivity index (χ0n) is 25.2. The quantitative estimate of drug-likeness (QED) is 0.248. The van der Waals surface area contributed by atoms with E-state index in [1.807, 2.05) is 37.3 Å². The number of aryl methyl sites for hydroxylation is 1. The predicted octanol–water partition coefficient (Wildman–Crippen LogP) is 6.43. The lowest BCUT2D eigenvalue weighted by molar-refractivity contribution is -0.136. The Morgan fingerprint density at radius 2 is 1.86 bits per heavy atom. The van der Waals surface area contributed by atoms with Gasteiger partial charge in [-0.15, -0.1) is 0 Å². The predicted molar refractivity (Wildman–Crippen MR) is 170 cm³/mol. The van der Waals surface area contributed by atoms with Crippen LogP contribution >= 0.6 is 0 Å². The SMILES string of the molecule is Cc1nc(C#N)c(-c2ccc3c(c2)CCN(c2ncnc4c2oc2ccccc24)C3)c(N2CCC(C)(C)CC2)c1CC(=O)O. The summed E-state index contributed by atoms with van der Waals surface area (Å²) in [7, 11) is 0. The van der Waals surface area contributed by atoms with E-state index in [9.17, 15) is 15.2 Å². The zero-order chi connectivity index (χ0) is 30.6. The number of rotatable bonds is 5. The summed E-state index contributed by atoms with van der Waals surface area (Å²) >= 11 is 0. The number of aliphatic carboxylic acids is 1. The van der Waals surface area contributed by atoms with E-state index < -0.39 is 5.97 Å². The molecule has 5 heterocycles. The molecule has 222 valence electrons. The molecule has 1 saturated heterocycles. The van der Waals surface area contributed by atoms with Crippen LogP contribution in [-0.2, 0) is 24.2 Å². The van der Waals surface area contributed by atoms with E-state index in [1.54, 1.807) is 6.33 Å². The molecule has 0 bridgehead atoms. The Kier molecular flexibility index (Phi) is 6.73. The number of carboxylic acids is 1. The van der Waals surface area contributed by atoms with Gasteiger partial charge in [-0.05, 0) is 60.4 Å². The largest absolute Gasteiger partial charge is 0.481 e. The van der Waals surface area contributed by atoms with Crippen LogP contribution in [-0.4, -0.2) is 45.7 Å². The van der Waals surface area contributed by atoms with Gasteiger partial charge in [0.2, 0.25) is 0 Å². The van der Waals surface area contributed by atoms with Crippen molar-refractivity contribution in [2.75, 3.05) is 29.4 Å². The van der Waals surface area contributed by atoms with E-state index >= 15 is 0 Å². The van der Waals surface area contributed by atoms with Gasteiger partial charge in [-0.1, -0.05) is 44.2 Å². The molecule has 0 radical (unpaired) electrons. The van der Waals surface area contributed by atoms with Crippen LogP contribution in [0.2, 0.25) is 0 Å². The lowest BCUT2D eigenvalue weighted by Crippen LogP contribution is -2.38. The molecular weight excluding hydrogens is 552 g/mol. The second-order valence-electron chi connectivity index (χ2n) is 12.7. The molecular formula is C35H34N6O3. The lowest BCUT2D eigenvalue weighted by atomic mass is 9.82. The normalized spacial score (nSPS) is 16.2. The Labute approximate surface area is 255 Å². The minimum Gasteiger partial charge on any atom is -0.481 e. The van der Waals surface area contributed by atoms with E-state index in [4.69, 9.17) is 4.42 Å². The summed E-state index contributed by atoms with van der Waals surface area (Å²) in [5, 5.41) is 21.1. The van der Waals surface area contributed by atoms with Crippen LogP contribution in [0.25, 0.3) is 33.2 Å². The number of carbonyl (C=O) groups is 1. The van der Waals surface area contributed by atoms with Crippen molar-refractivity contribution >= 4 is 39.5 Å². The van der Waals surface area contributed by atoms with Crippen molar-refractivity contribution in [2.24, 2.45) is 5.41 Å². The van der Waals surface area contributed by atoms with Gasteiger partial charge in [-0.3, -0.25) is 4.79 Å². The maximum Gasteiger partial charge on any atom is 0.307 e. The first-order chi connectivity index (χ1) is 21.2. The summed E-state index contributed by atoms with van der Waals surface area (Å²) in [6, 6.07) is 16.6. The first kappa shape index (κ1) is 27.8. The maximum absolute atomic E-state index is 12.0. The van der Waals surface area contributed by atoms with Crippen molar-refractivity contribution in [3.8, 4) is 17.2 Å². The molecule has 0 unspecified atom stereocenters. The highest BCUT2D eigenvalue weighted by Crippen LogP contribution is 2.43. The molecule has 0 amide bonds. The molecule has 44 heavy (non-hydrogen) atoms. The number of para-hydroxylation sites is 1. The second-order valence-corrected chi connectivity index (χ2v) is 12.7. The topological polar surface area (TPSA) is 119 Å². The van der Waals surface area contributed by atoms with Gasteiger partial charge in [0.25, 0.3) is 0 Å². The molecule has 1 fully saturated rings. The Morgan fingerprint density at radius 3 is 2.64 bits per heavy atom. The number of fused-ring (bicyclic) bond motifs is 4. The first-order valence-corrected chi connectivity index (χ1v) is 15.1. The monoisotopic (exact) mass is 586 g/mol. The van der Waals surface area contributed by atoms with E-state index in [1.165, 1.54) is 11.1 Å². The molecule has 0 aliphatic carbocycles. The molecule has 0 spiro atoms. The number of piperidine rings is 1. The number of hydrogen-bond acceptors (Lipinski definition) is 8. The average Bonchev–Trinajstić information content (AvgIpc) is 3.40. The highest BCUT2D eigenvalue weighted by Gasteiger charge is 2.31. The third-order valence-corrected chi connectivity index (χ3v) is 9.29. The van der Waals surface area contributed by atoms with Gasteiger partial charge in [-0.25, -0.2) is 15.0 Å². The van der Waals surface area contributed by atoms with Gasteiger partial charge in [0, 0.05) is 48.4 Å². The van der Waals surface area contributed by atoms with Crippen LogP contribution in [0.1, 0.15) is 54.8 Å². The number of aromatic nitrogens is 3. The van der Waals surface area contributed by atoms with Crippen molar-refractivity contribution in [3.05, 3.63) is 76.9 Å². The fourth-order valence-corrected chi connectivity index (χ4v) is 6.75. The van der Waals surface area contributed by atoms with Gasteiger partial charge in [0.15, 0.2) is 17.1 Å². The van der Waals surface area contributed by atoms with Crippen molar-refractivity contribution in [2.45, 2.75) is 53.0 Å². The van der Waals surface area contributed by atoms with Gasteiger partial charge in [-0.2, -0.15) is 5.26 Å². The zero-order valence-corrected chi connectivity index (χ0v) is 25.2. The van der Waals surface area contributed by atoms with Crippen LogP contribution in [0.3, 0.4) is 0 Å². The molecule has 2 aromatic carbocycles. The first-order valence-electron chi connectivity index (χ1n) is 15.1. The molecule has 0 saturated carbocycles. The molecule has 2 aliphatic rings. The molecule has 1 N–H and O–H groups in total. The number of anilines is 2. The summed E-state index contributed by atoms with van der Waals surface area (Å²) in [4.78, 5) is 30.3. The number of furan rings is 1. The summed E-state index contributed by atoms with van der Waals surface area (Å²) in [6.07, 6.45) is 4.23. The van der Waals surface area contributed by atoms with E-state index in [2.05, 4.69) is 56.8 Å². The van der Waals surface area contributed by atoms with Crippen molar-refractivity contribution in [1.82, 2.24) is 15.0 Å². The second kappa shape index (κ2) is 10.6. The molecule has 9 nitrogen and oxygen atoms in total. The highest BCUT2D eigenvalue weighted by molar-refractivity contribution is 6.05. The molecule has 9 heteroatoms. The fourth-order valence-electron chi connectivity index (χ4n) is 6.75. The summed E-state index contributed by atoms with van der Waals surface area (Å²) in [5.74, 6) is -0.123. The van der Waals surface area contributed by atoms with Crippen molar-refractivity contribution in [3.63, 3.8) is 0 Å². The molecule has 2 aliphatic heterocycles. The number of benzene rings is 2. The third-order valence-electron chi connectivity index (χ3n) is 9.29. The van der Waals surface area contributed by atoms with Crippen LogP contribution in [0.4, 0.5) is 11.5 Å². The Bertz CT molecular complexity index is 1980. The van der Waals surface area contributed by atoms with Gasteiger partial charge in [0.1, 0.15) is 23.5 Å². The maximum atomic E-state index is 12.0. The number of carboxylic acid groups (broad SMARTS) is 1. The van der Waals surface area contributed by atoms with Crippen LogP contribution < -0.4 is 9.80 Å². The Hall–Kier alpha value is -4.97. The number of nitrogens with zero attached hydrogens (tertiary/aromatic N) is 6. The Morgan fingerprint density at radius 1 is 1.07 bits per heavy atom. The van der Waals surface area contributed by atoms with E-state index in [0.717, 1.165) is 78.0 Å². The van der Waals surface area contributed by atoms with Crippen molar-refractivity contribution in [1.29, 1.82) is 5.26 Å². The minimum atomic E-state index is -0.905. The van der Waals surface area contributed by atoms with Crippen LogP contribution in [0, 0.1) is 23.7 Å². The number of pyridine rings is 1. The standard InChI is InChI=1S/C35H34N6O3/c1-21-26(17-29(42)43)32(40-14-11-35(2,3)12-15-40)30(27(18-36)39-21)23-8-9-24-19-41(13-10-22(24)16-23)34-33-31(37-20-38-34)25-6-4-5-7-28(25)44-33/h4-9,16,20H,10-15,17,19H2,1-3H3,(H,42,43). The molecule has 3 aromatic heterocycles. The minimum absolute atomic E-state index is 0.137. The van der Waals surface area contributed by atoms with E-state index in [-0.39, 0.29) is 11.8 Å². The smallest absolute Gasteiger partial charge is 0.307 e. The van der Waals surface area contributed by atoms with Gasteiger partial charge in [0.05, 0.1) is 12.1 Å². The summed E-state index contributed by atoms with van der Waals surface area (Å²) in [5.41, 5.74) is 8.99. The van der Waals surface area contributed by atoms with Crippen LogP contribution in [0.15, 0.2) is 53.2 Å². The summed E-state index contributed by atoms with van der Waals surface area (Å²) < 4.78 is 6.21. The average molecular weight is 587 g/mol. The number of hydrogen-bond donors (Lipinski definition) is 1. The lowest BCUT2D eigenvalue weighted by Gasteiger charge is -2.40. The molecule has 5 aromatic rings. The van der Waals surface area contributed by atoms with Crippen LogP contribution in [0.5, 0.6) is 0 Å². The number of nitriles is 1. The van der Waals surface area contributed by atoms with Gasteiger partial charge >= 0.3 is 5.97 Å². The Balaban J connectivity index is 1.29. The van der Waals surface area contributed by atoms with Gasteiger partial charge < -0.3 is 19.3 Å². The third kappa shape index (κ3) is 4.80. The van der Waals surface area contributed by atoms with Crippen molar-refractivity contribution < 1.29 is 14.3 Å². The highest BCUT2D eigenvalue weighted by atomic mass is 16.4. The van der Waals surface area contributed by atoms with E-state index in [0.29, 0.717) is 29.1 Å². The summed E-state index contributed by atoms with van der Waals surface area (Å²) in [6.45, 7) is 9.37. The fraction of sp³-hybridized carbons (Fsp3) is 0.343. The molecule has 0 atom stereocenters.